The van der Waals surface area contributed by atoms with Gasteiger partial charge >= 0.3 is 17.9 Å². The number of hydrogen-bond donors (Lipinski definition) is 0. The number of carbonyl (C=O) groups excluding carboxylic acids is 3. The third-order valence-corrected chi connectivity index (χ3v) is 10.4. The number of hydrogen-bond acceptors (Lipinski definition) is 6. The molecule has 0 saturated carbocycles. The second-order valence-corrected chi connectivity index (χ2v) is 15.7. The van der Waals surface area contributed by atoms with E-state index in [1.807, 2.05) is 0 Å². The largest absolute Gasteiger partial charge is 0.462 e. The van der Waals surface area contributed by atoms with Crippen LogP contribution in [-0.2, 0) is 28.6 Å². The maximum absolute atomic E-state index is 12.6. The molecule has 0 fully saturated rings. The summed E-state index contributed by atoms with van der Waals surface area (Å²) in [6.07, 6.45) is 42.4. The van der Waals surface area contributed by atoms with E-state index >= 15 is 0 Å². The van der Waals surface area contributed by atoms with Crippen LogP contribution in [0.4, 0.5) is 0 Å². The first-order chi connectivity index (χ1) is 25.5. The second kappa shape index (κ2) is 42.2. The van der Waals surface area contributed by atoms with Gasteiger partial charge in [-0.3, -0.25) is 14.4 Å². The number of carbonyl (C=O) groups is 3. The van der Waals surface area contributed by atoms with Crippen LogP contribution in [0.1, 0.15) is 258 Å². The summed E-state index contributed by atoms with van der Waals surface area (Å²) in [5, 5.41) is 0. The highest BCUT2D eigenvalue weighted by molar-refractivity contribution is 5.71. The molecule has 1 atom stereocenters. The van der Waals surface area contributed by atoms with Crippen LogP contribution in [0.15, 0.2) is 0 Å². The van der Waals surface area contributed by atoms with Crippen LogP contribution in [0.25, 0.3) is 0 Å². The Morgan fingerprint density at radius 3 is 0.769 bits per heavy atom. The average molecular weight is 737 g/mol. The van der Waals surface area contributed by atoms with Crippen LogP contribution in [0, 0.1) is 0 Å². The molecule has 0 radical (unpaired) electrons. The predicted octanol–water partition coefficient (Wildman–Crippen LogP) is 14.5. The quantitative estimate of drug-likeness (QED) is 0.0353. The molecular formula is C46H88O6. The van der Waals surface area contributed by atoms with Crippen molar-refractivity contribution in [2.45, 2.75) is 264 Å². The Morgan fingerprint density at radius 1 is 0.308 bits per heavy atom. The molecule has 0 aromatic carbocycles. The minimum absolute atomic E-state index is 0.0633. The molecule has 6 heteroatoms. The lowest BCUT2D eigenvalue weighted by Crippen LogP contribution is -2.30. The summed E-state index contributed by atoms with van der Waals surface area (Å²) >= 11 is 0. The molecule has 6 nitrogen and oxygen atoms in total. The molecule has 0 aromatic heterocycles. The van der Waals surface area contributed by atoms with Gasteiger partial charge in [-0.25, -0.2) is 0 Å². The molecule has 0 aromatic rings. The van der Waals surface area contributed by atoms with E-state index in [1.54, 1.807) is 0 Å². The molecule has 0 unspecified atom stereocenters. The number of esters is 3. The SMILES string of the molecule is CCCCCCCCCCCCCCCCCCC(=O)OC[C@@H](COC(=O)CCCCCCCCCCCCC)OC(=O)CCCCCCCCC. The number of unbranched alkanes of at least 4 members (excludes halogenated alkanes) is 31. The van der Waals surface area contributed by atoms with Crippen LogP contribution in [-0.4, -0.2) is 37.2 Å². The third kappa shape index (κ3) is 39.6. The van der Waals surface area contributed by atoms with Gasteiger partial charge < -0.3 is 14.2 Å². The van der Waals surface area contributed by atoms with Gasteiger partial charge in [-0.2, -0.15) is 0 Å². The van der Waals surface area contributed by atoms with E-state index in [4.69, 9.17) is 14.2 Å². The highest BCUT2D eigenvalue weighted by Gasteiger charge is 2.19. The summed E-state index contributed by atoms with van der Waals surface area (Å²) in [6.45, 7) is 6.61. The van der Waals surface area contributed by atoms with Crippen LogP contribution in [0.2, 0.25) is 0 Å². The Hall–Kier alpha value is -1.59. The van der Waals surface area contributed by atoms with Crippen molar-refractivity contribution in [3.63, 3.8) is 0 Å². The van der Waals surface area contributed by atoms with Gasteiger partial charge in [0.05, 0.1) is 0 Å². The average Bonchev–Trinajstić information content (AvgIpc) is 3.14. The summed E-state index contributed by atoms with van der Waals surface area (Å²) < 4.78 is 16.7. The normalized spacial score (nSPS) is 11.8. The Balaban J connectivity index is 4.19. The first-order valence-electron chi connectivity index (χ1n) is 23.0. The third-order valence-electron chi connectivity index (χ3n) is 10.4. The maximum Gasteiger partial charge on any atom is 0.306 e. The van der Waals surface area contributed by atoms with Crippen LogP contribution in [0.5, 0.6) is 0 Å². The molecule has 0 saturated heterocycles. The molecule has 308 valence electrons. The molecule has 0 aliphatic rings. The van der Waals surface area contributed by atoms with Crippen LogP contribution in [0.3, 0.4) is 0 Å². The van der Waals surface area contributed by atoms with E-state index < -0.39 is 6.10 Å². The minimum Gasteiger partial charge on any atom is -0.462 e. The molecule has 0 N–H and O–H groups in total. The molecule has 0 rings (SSSR count). The zero-order chi connectivity index (χ0) is 38.0. The van der Waals surface area contributed by atoms with E-state index in [0.717, 1.165) is 57.8 Å². The van der Waals surface area contributed by atoms with Gasteiger partial charge in [0.2, 0.25) is 0 Å². The van der Waals surface area contributed by atoms with E-state index in [-0.39, 0.29) is 31.1 Å². The van der Waals surface area contributed by atoms with Gasteiger partial charge in [-0.15, -0.1) is 0 Å². The monoisotopic (exact) mass is 737 g/mol. The fourth-order valence-electron chi connectivity index (χ4n) is 6.85. The lowest BCUT2D eigenvalue weighted by molar-refractivity contribution is -0.167. The molecule has 0 heterocycles. The molecule has 0 aliphatic heterocycles. The van der Waals surface area contributed by atoms with Crippen molar-refractivity contribution in [2.75, 3.05) is 13.2 Å². The summed E-state index contributed by atoms with van der Waals surface area (Å²) in [6, 6.07) is 0. The van der Waals surface area contributed by atoms with Crippen molar-refractivity contribution in [1.82, 2.24) is 0 Å². The second-order valence-electron chi connectivity index (χ2n) is 15.7. The van der Waals surface area contributed by atoms with E-state index in [2.05, 4.69) is 20.8 Å². The molecule has 0 spiro atoms. The van der Waals surface area contributed by atoms with Crippen molar-refractivity contribution in [2.24, 2.45) is 0 Å². The summed E-state index contributed by atoms with van der Waals surface area (Å²) in [7, 11) is 0. The van der Waals surface area contributed by atoms with Crippen LogP contribution < -0.4 is 0 Å². The van der Waals surface area contributed by atoms with Crippen molar-refractivity contribution in [3.05, 3.63) is 0 Å². The summed E-state index contributed by atoms with van der Waals surface area (Å²) in [5.74, 6) is -0.858. The van der Waals surface area contributed by atoms with E-state index in [9.17, 15) is 14.4 Å². The Kier molecular flexibility index (Phi) is 40.9. The Bertz CT molecular complexity index is 768. The highest BCUT2D eigenvalue weighted by atomic mass is 16.6. The molecule has 52 heavy (non-hydrogen) atoms. The van der Waals surface area contributed by atoms with Gasteiger partial charge in [0.15, 0.2) is 6.10 Å². The van der Waals surface area contributed by atoms with E-state index in [0.29, 0.717) is 19.3 Å². The topological polar surface area (TPSA) is 78.9 Å². The van der Waals surface area contributed by atoms with Gasteiger partial charge in [0.1, 0.15) is 13.2 Å². The molecular weight excluding hydrogens is 649 g/mol. The van der Waals surface area contributed by atoms with Crippen molar-refractivity contribution in [3.8, 4) is 0 Å². The zero-order valence-corrected chi connectivity index (χ0v) is 35.1. The van der Waals surface area contributed by atoms with E-state index in [1.165, 1.54) is 161 Å². The lowest BCUT2D eigenvalue weighted by atomic mass is 10.0. The van der Waals surface area contributed by atoms with Gasteiger partial charge in [0, 0.05) is 19.3 Å². The summed E-state index contributed by atoms with van der Waals surface area (Å²) in [5.41, 5.74) is 0. The van der Waals surface area contributed by atoms with Crippen molar-refractivity contribution in [1.29, 1.82) is 0 Å². The molecule has 0 aliphatic carbocycles. The fourth-order valence-corrected chi connectivity index (χ4v) is 6.85. The summed E-state index contributed by atoms with van der Waals surface area (Å²) in [4.78, 5) is 37.5. The van der Waals surface area contributed by atoms with Crippen molar-refractivity contribution >= 4 is 17.9 Å². The van der Waals surface area contributed by atoms with Gasteiger partial charge in [0.25, 0.3) is 0 Å². The van der Waals surface area contributed by atoms with Crippen LogP contribution >= 0.6 is 0 Å². The fraction of sp³-hybridized carbons (Fsp3) is 0.935. The first-order valence-corrected chi connectivity index (χ1v) is 23.0. The zero-order valence-electron chi connectivity index (χ0n) is 35.1. The standard InChI is InChI=1S/C46H88O6/c1-4-7-10-13-16-18-20-21-22-23-24-26-28-31-33-36-39-45(48)51-42-43(52-46(49)40-37-34-29-15-12-9-6-3)41-50-44(47)38-35-32-30-27-25-19-17-14-11-8-5-2/h43H,4-42H2,1-3H3/t43-/m1/s1. The first kappa shape index (κ1) is 50.4. The smallest absolute Gasteiger partial charge is 0.306 e. The van der Waals surface area contributed by atoms with Gasteiger partial charge in [-0.05, 0) is 19.3 Å². The molecule has 0 amide bonds. The number of rotatable bonds is 42. The van der Waals surface area contributed by atoms with Crippen molar-refractivity contribution < 1.29 is 28.6 Å². The number of ether oxygens (including phenoxy) is 3. The lowest BCUT2D eigenvalue weighted by Gasteiger charge is -2.18. The Morgan fingerprint density at radius 2 is 0.519 bits per heavy atom. The predicted molar refractivity (Wildman–Crippen MR) is 220 cm³/mol. The minimum atomic E-state index is -0.756. The highest BCUT2D eigenvalue weighted by Crippen LogP contribution is 2.16. The van der Waals surface area contributed by atoms with Gasteiger partial charge in [-0.1, -0.05) is 220 Å². The molecule has 0 bridgehead atoms. The maximum atomic E-state index is 12.6. The Labute approximate surface area is 323 Å².